The van der Waals surface area contributed by atoms with Gasteiger partial charge in [-0.3, -0.25) is 0 Å². The van der Waals surface area contributed by atoms with E-state index in [1.807, 2.05) is 6.26 Å². The maximum Gasteiger partial charge on any atom is 0.235 e. The van der Waals surface area contributed by atoms with Crippen molar-refractivity contribution in [2.45, 2.75) is 18.8 Å². The van der Waals surface area contributed by atoms with Gasteiger partial charge < -0.3 is 9.84 Å². The van der Waals surface area contributed by atoms with Gasteiger partial charge in [-0.05, 0) is 18.4 Å². The Bertz CT molecular complexity index is 275. The molecule has 1 N–H and O–H groups in total. The predicted molar refractivity (Wildman–Crippen MR) is 59.9 cm³/mol. The summed E-state index contributed by atoms with van der Waals surface area (Å²) < 4.78 is 4.96. The highest BCUT2D eigenvalue weighted by molar-refractivity contribution is 7.98. The molecule has 0 bridgehead atoms. The van der Waals surface area contributed by atoms with Crippen molar-refractivity contribution >= 4 is 23.9 Å². The molecule has 0 aromatic rings. The number of hydrogen-bond acceptors (Lipinski definition) is 7. The molecule has 0 aliphatic rings. The van der Waals surface area contributed by atoms with Gasteiger partial charge in [-0.1, -0.05) is 0 Å². The van der Waals surface area contributed by atoms with Crippen molar-refractivity contribution in [3.05, 3.63) is 0 Å². The van der Waals surface area contributed by atoms with Crippen LogP contribution >= 0.6 is 11.8 Å². The van der Waals surface area contributed by atoms with E-state index in [9.17, 15) is 14.7 Å². The van der Waals surface area contributed by atoms with Gasteiger partial charge in [-0.15, -0.1) is 0 Å². The van der Waals surface area contributed by atoms with Crippen LogP contribution < -0.4 is 0 Å². The predicted octanol–water partition coefficient (Wildman–Crippen LogP) is 0.115. The number of aliphatic hydroxyl groups excluding tert-OH is 1. The van der Waals surface area contributed by atoms with Crippen LogP contribution in [0.4, 0.5) is 0 Å². The van der Waals surface area contributed by atoms with Crippen LogP contribution in [0.5, 0.6) is 0 Å². The number of nitrogens with zero attached hydrogens (tertiary/aromatic N) is 2. The summed E-state index contributed by atoms with van der Waals surface area (Å²) in [6.07, 6.45) is 4.02. The standard InChI is InChI=1S/C9H14N2O4S/c1-16-5-2-8(11-7-13)9(14)15-4-3-10-6-12/h8-9,14H,2-5H2,1H3. The molecule has 2 unspecified atom stereocenters. The molecule has 0 saturated heterocycles. The fourth-order valence-electron chi connectivity index (χ4n) is 0.953. The van der Waals surface area contributed by atoms with Crippen molar-refractivity contribution in [1.82, 2.24) is 0 Å². The van der Waals surface area contributed by atoms with Gasteiger partial charge in [-0.25, -0.2) is 14.6 Å². The second-order valence-corrected chi connectivity index (χ2v) is 3.79. The Hall–Kier alpha value is -0.970. The van der Waals surface area contributed by atoms with Crippen LogP contribution in [0.15, 0.2) is 9.98 Å². The number of aliphatic imine (C=N–C) groups is 2. The zero-order valence-corrected chi connectivity index (χ0v) is 9.77. The van der Waals surface area contributed by atoms with Crippen LogP contribution in [0.1, 0.15) is 6.42 Å². The molecule has 2 atom stereocenters. The third-order valence-corrected chi connectivity index (χ3v) is 2.37. The van der Waals surface area contributed by atoms with E-state index in [1.54, 1.807) is 11.8 Å². The number of aliphatic hydroxyl groups is 1. The van der Waals surface area contributed by atoms with E-state index in [4.69, 9.17) is 4.74 Å². The molecule has 0 aromatic heterocycles. The van der Waals surface area contributed by atoms with Gasteiger partial charge in [0.05, 0.1) is 13.2 Å². The topological polar surface area (TPSA) is 88.3 Å². The summed E-state index contributed by atoms with van der Waals surface area (Å²) in [6.45, 7) is 0.209. The van der Waals surface area contributed by atoms with E-state index in [-0.39, 0.29) is 13.2 Å². The van der Waals surface area contributed by atoms with Gasteiger partial charge in [0.1, 0.15) is 6.04 Å². The van der Waals surface area contributed by atoms with Crippen LogP contribution in [0.3, 0.4) is 0 Å². The Labute approximate surface area is 97.8 Å². The highest BCUT2D eigenvalue weighted by Gasteiger charge is 2.18. The van der Waals surface area contributed by atoms with Gasteiger partial charge in [0.25, 0.3) is 0 Å². The molecule has 0 aliphatic heterocycles. The fraction of sp³-hybridized carbons (Fsp3) is 0.778. The van der Waals surface area contributed by atoms with E-state index < -0.39 is 12.3 Å². The molecular weight excluding hydrogens is 232 g/mol. The van der Waals surface area contributed by atoms with Crippen molar-refractivity contribution < 1.29 is 19.4 Å². The van der Waals surface area contributed by atoms with Crippen molar-refractivity contribution in [3.8, 4) is 0 Å². The summed E-state index contributed by atoms with van der Waals surface area (Å²) in [5, 5.41) is 9.52. The zero-order valence-electron chi connectivity index (χ0n) is 8.96. The summed E-state index contributed by atoms with van der Waals surface area (Å²) in [5.74, 6) is 0.753. The molecule has 0 aliphatic carbocycles. The smallest absolute Gasteiger partial charge is 0.235 e. The molecule has 0 aromatic carbocycles. The Morgan fingerprint density at radius 2 is 2.19 bits per heavy atom. The van der Waals surface area contributed by atoms with Gasteiger partial charge in [0.2, 0.25) is 12.2 Å². The second-order valence-electron chi connectivity index (χ2n) is 2.80. The molecule has 16 heavy (non-hydrogen) atoms. The third-order valence-electron chi connectivity index (χ3n) is 1.72. The zero-order chi connectivity index (χ0) is 12.2. The lowest BCUT2D eigenvalue weighted by Crippen LogP contribution is -2.28. The molecule has 0 amide bonds. The summed E-state index contributed by atoms with van der Waals surface area (Å²) in [4.78, 5) is 26.6. The summed E-state index contributed by atoms with van der Waals surface area (Å²) >= 11 is 1.58. The maximum absolute atomic E-state index is 10.1. The van der Waals surface area contributed by atoms with E-state index in [0.717, 1.165) is 5.75 Å². The minimum Gasteiger partial charge on any atom is -0.366 e. The number of isocyanates is 2. The van der Waals surface area contributed by atoms with Crippen molar-refractivity contribution in [2.24, 2.45) is 9.98 Å². The van der Waals surface area contributed by atoms with Crippen LogP contribution in [-0.2, 0) is 14.3 Å². The van der Waals surface area contributed by atoms with E-state index in [0.29, 0.717) is 6.42 Å². The molecule has 0 rings (SSSR count). The molecule has 0 saturated carbocycles. The summed E-state index contributed by atoms with van der Waals surface area (Å²) in [7, 11) is 0. The molecular formula is C9H14N2O4S. The summed E-state index contributed by atoms with van der Waals surface area (Å²) in [5.41, 5.74) is 0. The number of ether oxygens (including phenoxy) is 1. The Morgan fingerprint density at radius 3 is 2.75 bits per heavy atom. The minimum atomic E-state index is -1.17. The lowest BCUT2D eigenvalue weighted by molar-refractivity contribution is -0.110. The Morgan fingerprint density at radius 1 is 1.44 bits per heavy atom. The minimum absolute atomic E-state index is 0.0839. The van der Waals surface area contributed by atoms with Crippen LogP contribution in [0, 0.1) is 0 Å². The number of thioether (sulfide) groups is 1. The fourth-order valence-corrected chi connectivity index (χ4v) is 1.43. The second kappa shape index (κ2) is 10.5. The molecule has 0 heterocycles. The van der Waals surface area contributed by atoms with Crippen LogP contribution in [0.25, 0.3) is 0 Å². The molecule has 7 heteroatoms. The van der Waals surface area contributed by atoms with Crippen molar-refractivity contribution in [2.75, 3.05) is 25.2 Å². The largest absolute Gasteiger partial charge is 0.366 e. The SMILES string of the molecule is CSCCC(N=C=O)C(O)OCCN=C=O. The van der Waals surface area contributed by atoms with Crippen LogP contribution in [0.2, 0.25) is 0 Å². The number of carbonyl (C=O) groups excluding carboxylic acids is 2. The molecule has 6 nitrogen and oxygen atoms in total. The summed E-state index contributed by atoms with van der Waals surface area (Å²) in [6, 6.07) is -0.620. The highest BCUT2D eigenvalue weighted by Crippen LogP contribution is 2.09. The molecule has 0 fully saturated rings. The Balaban J connectivity index is 3.99. The van der Waals surface area contributed by atoms with Gasteiger partial charge in [0.15, 0.2) is 6.29 Å². The number of hydrogen-bond donors (Lipinski definition) is 1. The molecule has 0 spiro atoms. The average Bonchev–Trinajstić information content (AvgIpc) is 2.29. The Kier molecular flexibility index (Phi) is 9.91. The third kappa shape index (κ3) is 7.34. The lowest BCUT2D eigenvalue weighted by Gasteiger charge is -2.17. The van der Waals surface area contributed by atoms with Gasteiger partial charge in [-0.2, -0.15) is 16.8 Å². The first kappa shape index (κ1) is 15.0. The first-order chi connectivity index (χ1) is 7.76. The van der Waals surface area contributed by atoms with Gasteiger partial charge >= 0.3 is 0 Å². The van der Waals surface area contributed by atoms with Crippen LogP contribution in [-0.4, -0.2) is 54.8 Å². The van der Waals surface area contributed by atoms with Crippen molar-refractivity contribution in [3.63, 3.8) is 0 Å². The monoisotopic (exact) mass is 246 g/mol. The first-order valence-corrected chi connectivity index (χ1v) is 6.04. The number of rotatable bonds is 9. The van der Waals surface area contributed by atoms with E-state index in [1.165, 1.54) is 12.2 Å². The lowest BCUT2D eigenvalue weighted by atomic mass is 10.2. The highest BCUT2D eigenvalue weighted by atomic mass is 32.2. The normalized spacial score (nSPS) is 13.4. The maximum atomic E-state index is 10.1. The average molecular weight is 246 g/mol. The quantitative estimate of drug-likeness (QED) is 0.270. The molecule has 90 valence electrons. The van der Waals surface area contributed by atoms with Gasteiger partial charge in [0, 0.05) is 0 Å². The molecule has 0 radical (unpaired) electrons. The van der Waals surface area contributed by atoms with Crippen molar-refractivity contribution in [1.29, 1.82) is 0 Å². The van der Waals surface area contributed by atoms with E-state index >= 15 is 0 Å². The van der Waals surface area contributed by atoms with E-state index in [2.05, 4.69) is 9.98 Å². The first-order valence-electron chi connectivity index (χ1n) is 4.65.